The third-order valence-corrected chi connectivity index (χ3v) is 3.36. The molecule has 0 radical (unpaired) electrons. The summed E-state index contributed by atoms with van der Waals surface area (Å²) in [5.74, 6) is 7.42. The van der Waals surface area contributed by atoms with Gasteiger partial charge in [-0.3, -0.25) is 0 Å². The van der Waals surface area contributed by atoms with E-state index in [0.717, 1.165) is 35.2 Å². The molecule has 18 heavy (non-hydrogen) atoms. The monoisotopic (exact) mass is 264 g/mol. The average molecular weight is 264 g/mol. The minimum absolute atomic E-state index is 0.645. The molecule has 2 rings (SSSR count). The van der Waals surface area contributed by atoms with Crippen LogP contribution >= 0.6 is 11.8 Å². The largest absolute Gasteiger partial charge is 0.336 e. The molecule has 0 aliphatic heterocycles. The van der Waals surface area contributed by atoms with Crippen LogP contribution in [0.15, 0.2) is 16.2 Å². The molecule has 0 bridgehead atoms. The summed E-state index contributed by atoms with van der Waals surface area (Å²) in [6.07, 6.45) is 1.64. The van der Waals surface area contributed by atoms with Gasteiger partial charge in [0, 0.05) is 12.1 Å². The molecule has 0 aromatic carbocycles. The molecule has 0 aliphatic rings. The van der Waals surface area contributed by atoms with E-state index in [1.54, 1.807) is 0 Å². The van der Waals surface area contributed by atoms with E-state index in [4.69, 9.17) is 5.84 Å². The summed E-state index contributed by atoms with van der Waals surface area (Å²) in [6.45, 7) is 5.94. The molecule has 0 amide bonds. The lowest BCUT2D eigenvalue weighted by atomic mass is 10.3. The average Bonchev–Trinajstić information content (AvgIpc) is 2.70. The van der Waals surface area contributed by atoms with E-state index in [-0.39, 0.29) is 0 Å². The van der Waals surface area contributed by atoms with Crippen LogP contribution in [-0.2, 0) is 12.8 Å². The van der Waals surface area contributed by atoms with Gasteiger partial charge in [-0.15, -0.1) is 10.2 Å². The Balaban J connectivity index is 2.27. The van der Waals surface area contributed by atoms with Gasteiger partial charge in [-0.1, -0.05) is 13.8 Å². The second kappa shape index (κ2) is 5.34. The zero-order chi connectivity index (χ0) is 13.1. The van der Waals surface area contributed by atoms with Crippen LogP contribution in [0.25, 0.3) is 0 Å². The maximum Gasteiger partial charge on any atom is 0.216 e. The summed E-state index contributed by atoms with van der Waals surface area (Å²) >= 11 is 1.41. The Hall–Kier alpha value is -1.63. The first-order valence-corrected chi connectivity index (χ1v) is 6.67. The number of nitrogens with two attached hydrogens (primary N) is 1. The quantitative estimate of drug-likeness (QED) is 0.663. The predicted octanol–water partition coefficient (Wildman–Crippen LogP) is 1.37. The molecule has 2 N–H and O–H groups in total. The molecule has 0 unspecified atom stereocenters. The maximum absolute atomic E-state index is 5.90. The van der Waals surface area contributed by atoms with Gasteiger partial charge in [0.2, 0.25) is 5.16 Å². The van der Waals surface area contributed by atoms with Gasteiger partial charge in [0.25, 0.3) is 0 Å². The predicted molar refractivity (Wildman–Crippen MR) is 69.8 cm³/mol. The SMILES string of the molecule is CCc1cc(Sc2nnc(CC)n2N)nc(C)n1. The van der Waals surface area contributed by atoms with Crippen molar-refractivity contribution in [2.45, 2.75) is 43.8 Å². The molecule has 2 aromatic rings. The molecule has 0 fully saturated rings. The lowest BCUT2D eigenvalue weighted by Gasteiger charge is -2.04. The molecular formula is C11H16N6S. The fourth-order valence-electron chi connectivity index (χ4n) is 1.54. The molecule has 2 aromatic heterocycles. The van der Waals surface area contributed by atoms with Gasteiger partial charge in [-0.25, -0.2) is 14.6 Å². The highest BCUT2D eigenvalue weighted by Gasteiger charge is 2.11. The third-order valence-electron chi connectivity index (χ3n) is 2.48. The number of aryl methyl sites for hydroxylation is 3. The van der Waals surface area contributed by atoms with Gasteiger partial charge in [0.15, 0.2) is 5.82 Å². The highest BCUT2D eigenvalue weighted by molar-refractivity contribution is 7.99. The Kier molecular flexibility index (Phi) is 3.81. The van der Waals surface area contributed by atoms with E-state index in [9.17, 15) is 0 Å². The summed E-state index contributed by atoms with van der Waals surface area (Å²) in [6, 6.07) is 1.96. The molecular weight excluding hydrogens is 248 g/mol. The van der Waals surface area contributed by atoms with Crippen molar-refractivity contribution in [2.24, 2.45) is 0 Å². The molecule has 0 atom stereocenters. The van der Waals surface area contributed by atoms with Gasteiger partial charge in [0.05, 0.1) is 0 Å². The lowest BCUT2D eigenvalue weighted by molar-refractivity contribution is 0.793. The maximum atomic E-state index is 5.90. The molecule has 0 spiro atoms. The Morgan fingerprint density at radius 2 is 2.00 bits per heavy atom. The van der Waals surface area contributed by atoms with E-state index in [2.05, 4.69) is 27.1 Å². The van der Waals surface area contributed by atoms with E-state index in [1.807, 2.05) is 19.9 Å². The highest BCUT2D eigenvalue weighted by Crippen LogP contribution is 2.24. The number of hydrogen-bond donors (Lipinski definition) is 1. The fraction of sp³-hybridized carbons (Fsp3) is 0.455. The van der Waals surface area contributed by atoms with E-state index in [1.165, 1.54) is 16.4 Å². The normalized spacial score (nSPS) is 10.8. The van der Waals surface area contributed by atoms with E-state index in [0.29, 0.717) is 5.16 Å². The second-order valence-corrected chi connectivity index (χ2v) is 4.81. The Morgan fingerprint density at radius 1 is 1.22 bits per heavy atom. The topological polar surface area (TPSA) is 82.5 Å². The molecule has 7 heteroatoms. The number of nitrogens with zero attached hydrogens (tertiary/aromatic N) is 5. The summed E-state index contributed by atoms with van der Waals surface area (Å²) < 4.78 is 1.51. The van der Waals surface area contributed by atoms with Gasteiger partial charge in [-0.2, -0.15) is 0 Å². The lowest BCUT2D eigenvalue weighted by Crippen LogP contribution is -2.13. The van der Waals surface area contributed by atoms with Crippen molar-refractivity contribution < 1.29 is 0 Å². The van der Waals surface area contributed by atoms with Crippen LogP contribution in [-0.4, -0.2) is 24.8 Å². The minimum Gasteiger partial charge on any atom is -0.336 e. The van der Waals surface area contributed by atoms with Crippen LogP contribution in [0.4, 0.5) is 0 Å². The van der Waals surface area contributed by atoms with Crippen LogP contribution in [0.3, 0.4) is 0 Å². The summed E-state index contributed by atoms with van der Waals surface area (Å²) in [4.78, 5) is 8.71. The van der Waals surface area contributed by atoms with Crippen molar-refractivity contribution in [1.82, 2.24) is 24.8 Å². The highest BCUT2D eigenvalue weighted by atomic mass is 32.2. The summed E-state index contributed by atoms with van der Waals surface area (Å²) in [5, 5.41) is 9.57. The number of rotatable bonds is 4. The molecule has 2 heterocycles. The second-order valence-electron chi connectivity index (χ2n) is 3.82. The van der Waals surface area contributed by atoms with Crippen molar-refractivity contribution in [3.63, 3.8) is 0 Å². The van der Waals surface area contributed by atoms with Crippen LogP contribution < -0.4 is 5.84 Å². The first-order valence-electron chi connectivity index (χ1n) is 5.85. The molecule has 0 aliphatic carbocycles. The van der Waals surface area contributed by atoms with Crippen LogP contribution in [0.5, 0.6) is 0 Å². The van der Waals surface area contributed by atoms with Crippen LogP contribution in [0, 0.1) is 6.92 Å². The van der Waals surface area contributed by atoms with Crippen molar-refractivity contribution in [1.29, 1.82) is 0 Å². The van der Waals surface area contributed by atoms with Crippen LogP contribution in [0.1, 0.15) is 31.2 Å². The molecule has 96 valence electrons. The zero-order valence-corrected chi connectivity index (χ0v) is 11.5. The number of hydrogen-bond acceptors (Lipinski definition) is 6. The van der Waals surface area contributed by atoms with E-state index < -0.39 is 0 Å². The van der Waals surface area contributed by atoms with Gasteiger partial charge in [0.1, 0.15) is 10.9 Å². The van der Waals surface area contributed by atoms with Crippen molar-refractivity contribution in [2.75, 3.05) is 5.84 Å². The Labute approximate surface area is 110 Å². The van der Waals surface area contributed by atoms with Crippen LogP contribution in [0.2, 0.25) is 0 Å². The van der Waals surface area contributed by atoms with E-state index >= 15 is 0 Å². The van der Waals surface area contributed by atoms with Gasteiger partial charge >= 0.3 is 0 Å². The standard InChI is InChI=1S/C11H16N6S/c1-4-8-6-10(14-7(3)13-8)18-11-16-15-9(5-2)17(11)12/h6H,4-5,12H2,1-3H3. The number of aromatic nitrogens is 5. The first kappa shape index (κ1) is 12.8. The van der Waals surface area contributed by atoms with Gasteiger partial charge < -0.3 is 5.84 Å². The molecule has 6 nitrogen and oxygen atoms in total. The van der Waals surface area contributed by atoms with Crippen molar-refractivity contribution in [3.05, 3.63) is 23.4 Å². The molecule has 0 saturated carbocycles. The third kappa shape index (κ3) is 2.61. The Morgan fingerprint density at radius 3 is 2.61 bits per heavy atom. The smallest absolute Gasteiger partial charge is 0.216 e. The number of nitrogen functional groups attached to an aromatic ring is 1. The fourth-order valence-corrected chi connectivity index (χ4v) is 2.39. The first-order chi connectivity index (χ1) is 8.63. The molecule has 0 saturated heterocycles. The van der Waals surface area contributed by atoms with Crippen molar-refractivity contribution >= 4 is 11.8 Å². The minimum atomic E-state index is 0.645. The van der Waals surface area contributed by atoms with Crippen molar-refractivity contribution in [3.8, 4) is 0 Å². The van der Waals surface area contributed by atoms with Gasteiger partial charge in [-0.05, 0) is 31.2 Å². The summed E-state index contributed by atoms with van der Waals surface area (Å²) in [7, 11) is 0. The Bertz CT molecular complexity index is 550. The zero-order valence-electron chi connectivity index (χ0n) is 10.7. The summed E-state index contributed by atoms with van der Waals surface area (Å²) in [5.41, 5.74) is 1.02.